The van der Waals surface area contributed by atoms with Gasteiger partial charge in [0.25, 0.3) is 11.8 Å². The van der Waals surface area contributed by atoms with Gasteiger partial charge in [0.2, 0.25) is 0 Å². The first-order chi connectivity index (χ1) is 14.5. The van der Waals surface area contributed by atoms with Crippen LogP contribution in [0.15, 0.2) is 35.7 Å². The van der Waals surface area contributed by atoms with E-state index in [0.717, 1.165) is 11.1 Å². The molecular formula is C20H23ClN6O3. The van der Waals surface area contributed by atoms with Crippen molar-refractivity contribution in [1.82, 2.24) is 15.0 Å². The van der Waals surface area contributed by atoms with Gasteiger partial charge in [-0.3, -0.25) is 4.98 Å². The summed E-state index contributed by atoms with van der Waals surface area (Å²) in [5, 5.41) is 4.43. The molecule has 0 saturated carbocycles. The Morgan fingerprint density at radius 3 is 2.53 bits per heavy atom. The molecule has 158 valence electrons. The van der Waals surface area contributed by atoms with Crippen LogP contribution in [0.2, 0.25) is 5.02 Å². The standard InChI is InChI=1S/C20H23ClN6O3/c1-12-8-14-17(25-20(30-4)19(24-14)29-3)18(16(12)21)27(15(26-22)11-28-2)10-13-6-5-7-23-9-13/h5-9H,10-11,22H2,1-4H3/b26-15-. The molecule has 0 aliphatic rings. The molecular weight excluding hydrogens is 408 g/mol. The number of ether oxygens (including phenoxy) is 3. The highest BCUT2D eigenvalue weighted by Gasteiger charge is 2.24. The molecule has 0 aliphatic heterocycles. The van der Waals surface area contributed by atoms with E-state index >= 15 is 0 Å². The number of aryl methyl sites for hydroxylation is 1. The maximum absolute atomic E-state index is 6.77. The van der Waals surface area contributed by atoms with Crippen molar-refractivity contribution >= 4 is 34.2 Å². The molecule has 0 saturated heterocycles. The normalized spacial score (nSPS) is 11.6. The summed E-state index contributed by atoms with van der Waals surface area (Å²) in [4.78, 5) is 15.2. The lowest BCUT2D eigenvalue weighted by Crippen LogP contribution is -2.35. The average molecular weight is 431 g/mol. The summed E-state index contributed by atoms with van der Waals surface area (Å²) in [5.74, 6) is 6.70. The topological polar surface area (TPSA) is 108 Å². The van der Waals surface area contributed by atoms with Gasteiger partial charge in [0.1, 0.15) is 12.1 Å². The highest BCUT2D eigenvalue weighted by Crippen LogP contribution is 2.39. The van der Waals surface area contributed by atoms with Crippen LogP contribution in [0.4, 0.5) is 5.69 Å². The quantitative estimate of drug-likeness (QED) is 0.264. The van der Waals surface area contributed by atoms with E-state index in [4.69, 9.17) is 31.7 Å². The summed E-state index contributed by atoms with van der Waals surface area (Å²) < 4.78 is 16.0. The predicted molar refractivity (Wildman–Crippen MR) is 116 cm³/mol. The summed E-state index contributed by atoms with van der Waals surface area (Å²) in [6.45, 7) is 2.45. The van der Waals surface area contributed by atoms with Gasteiger partial charge in [0, 0.05) is 19.5 Å². The Morgan fingerprint density at radius 2 is 1.93 bits per heavy atom. The molecule has 0 unspecified atom stereocenters. The predicted octanol–water partition coefficient (Wildman–Crippen LogP) is 2.93. The van der Waals surface area contributed by atoms with E-state index in [1.807, 2.05) is 30.0 Å². The van der Waals surface area contributed by atoms with Gasteiger partial charge in [-0.25, -0.2) is 9.97 Å². The van der Waals surface area contributed by atoms with Crippen LogP contribution >= 0.6 is 11.6 Å². The van der Waals surface area contributed by atoms with Gasteiger partial charge >= 0.3 is 0 Å². The van der Waals surface area contributed by atoms with Gasteiger partial charge in [-0.2, -0.15) is 5.10 Å². The summed E-state index contributed by atoms with van der Waals surface area (Å²) in [5.41, 5.74) is 3.43. The molecule has 3 rings (SSSR count). The van der Waals surface area contributed by atoms with Crippen molar-refractivity contribution < 1.29 is 14.2 Å². The van der Waals surface area contributed by atoms with Crippen molar-refractivity contribution in [3.05, 3.63) is 46.7 Å². The second-order valence-corrected chi connectivity index (χ2v) is 6.77. The highest BCUT2D eigenvalue weighted by atomic mass is 35.5. The van der Waals surface area contributed by atoms with Crippen LogP contribution in [-0.4, -0.2) is 48.7 Å². The molecule has 0 radical (unpaired) electrons. The second kappa shape index (κ2) is 9.55. The van der Waals surface area contributed by atoms with Crippen molar-refractivity contribution in [2.75, 3.05) is 32.8 Å². The molecule has 2 aromatic heterocycles. The molecule has 3 aromatic rings. The minimum Gasteiger partial charge on any atom is -0.477 e. The van der Waals surface area contributed by atoms with Crippen molar-refractivity contribution in [2.24, 2.45) is 10.9 Å². The lowest BCUT2D eigenvalue weighted by molar-refractivity contribution is 0.243. The SMILES string of the molecule is COC/C(=N/N)N(Cc1cccnc1)c1c(Cl)c(C)cc2nc(OC)c(OC)nc12. The Hall–Kier alpha value is -3.17. The smallest absolute Gasteiger partial charge is 0.278 e. The number of amidine groups is 1. The highest BCUT2D eigenvalue weighted by molar-refractivity contribution is 6.36. The summed E-state index contributed by atoms with van der Waals surface area (Å²) in [6.07, 6.45) is 3.47. The number of nitrogens with two attached hydrogens (primary N) is 1. The van der Waals surface area contributed by atoms with E-state index in [9.17, 15) is 0 Å². The summed E-state index contributed by atoms with van der Waals surface area (Å²) >= 11 is 6.77. The van der Waals surface area contributed by atoms with Crippen LogP contribution in [0.1, 0.15) is 11.1 Å². The summed E-state index contributed by atoms with van der Waals surface area (Å²) in [6, 6.07) is 5.64. The number of halogens is 1. The van der Waals surface area contributed by atoms with Gasteiger partial charge in [-0.15, -0.1) is 0 Å². The number of hydrazone groups is 1. The Labute approximate surface area is 179 Å². The Morgan fingerprint density at radius 1 is 1.20 bits per heavy atom. The van der Waals surface area contributed by atoms with Crippen molar-refractivity contribution in [3.8, 4) is 11.8 Å². The van der Waals surface area contributed by atoms with E-state index in [-0.39, 0.29) is 18.4 Å². The first-order valence-corrected chi connectivity index (χ1v) is 9.42. The van der Waals surface area contributed by atoms with Crippen LogP contribution in [0.5, 0.6) is 11.8 Å². The molecule has 0 atom stereocenters. The molecule has 0 fully saturated rings. The maximum Gasteiger partial charge on any atom is 0.278 e. The van der Waals surface area contributed by atoms with Gasteiger partial charge in [0.05, 0.1) is 37.0 Å². The third kappa shape index (κ3) is 4.22. The van der Waals surface area contributed by atoms with E-state index in [2.05, 4.69) is 20.1 Å². The zero-order valence-corrected chi connectivity index (χ0v) is 18.0. The number of fused-ring (bicyclic) bond motifs is 1. The molecule has 0 spiro atoms. The van der Waals surface area contributed by atoms with Crippen LogP contribution in [0.25, 0.3) is 11.0 Å². The van der Waals surface area contributed by atoms with Crippen molar-refractivity contribution in [1.29, 1.82) is 0 Å². The zero-order valence-electron chi connectivity index (χ0n) is 17.2. The number of anilines is 1. The van der Waals surface area contributed by atoms with E-state index in [1.165, 1.54) is 14.2 Å². The monoisotopic (exact) mass is 430 g/mol. The van der Waals surface area contributed by atoms with Gasteiger partial charge < -0.3 is 25.0 Å². The molecule has 10 heteroatoms. The van der Waals surface area contributed by atoms with Crippen LogP contribution in [0.3, 0.4) is 0 Å². The molecule has 2 N–H and O–H groups in total. The van der Waals surface area contributed by atoms with E-state index in [0.29, 0.717) is 34.1 Å². The lowest BCUT2D eigenvalue weighted by Gasteiger charge is -2.28. The maximum atomic E-state index is 6.77. The fourth-order valence-electron chi connectivity index (χ4n) is 3.05. The summed E-state index contributed by atoms with van der Waals surface area (Å²) in [7, 11) is 4.57. The minimum atomic E-state index is 0.170. The molecule has 1 aromatic carbocycles. The van der Waals surface area contributed by atoms with Crippen LogP contribution in [-0.2, 0) is 11.3 Å². The van der Waals surface area contributed by atoms with E-state index in [1.54, 1.807) is 19.5 Å². The first kappa shape index (κ1) is 21.5. The number of pyridine rings is 1. The molecule has 9 nitrogen and oxygen atoms in total. The van der Waals surface area contributed by atoms with E-state index < -0.39 is 0 Å². The Bertz CT molecular complexity index is 1060. The van der Waals surface area contributed by atoms with Gasteiger partial charge in [-0.05, 0) is 30.2 Å². The van der Waals surface area contributed by atoms with Crippen molar-refractivity contribution in [2.45, 2.75) is 13.5 Å². The Kier molecular flexibility index (Phi) is 6.86. The minimum absolute atomic E-state index is 0.170. The molecule has 0 aliphatic carbocycles. The first-order valence-electron chi connectivity index (χ1n) is 9.05. The third-order valence-corrected chi connectivity index (χ3v) is 4.92. The molecule has 0 amide bonds. The lowest BCUT2D eigenvalue weighted by atomic mass is 10.1. The Balaban J connectivity index is 2.30. The van der Waals surface area contributed by atoms with Crippen LogP contribution < -0.4 is 20.2 Å². The number of nitrogens with zero attached hydrogens (tertiary/aromatic N) is 5. The molecule has 2 heterocycles. The van der Waals surface area contributed by atoms with Gasteiger partial charge in [-0.1, -0.05) is 17.7 Å². The number of hydrogen-bond donors (Lipinski definition) is 1. The average Bonchev–Trinajstić information content (AvgIpc) is 2.77. The zero-order chi connectivity index (χ0) is 21.7. The van der Waals surface area contributed by atoms with Crippen molar-refractivity contribution in [3.63, 3.8) is 0 Å². The van der Waals surface area contributed by atoms with Gasteiger partial charge in [0.15, 0.2) is 5.84 Å². The fourth-order valence-corrected chi connectivity index (χ4v) is 3.30. The third-order valence-electron chi connectivity index (χ3n) is 4.45. The van der Waals surface area contributed by atoms with Crippen LogP contribution in [0, 0.1) is 6.92 Å². The number of benzene rings is 1. The second-order valence-electron chi connectivity index (χ2n) is 6.39. The molecule has 30 heavy (non-hydrogen) atoms. The number of methoxy groups -OCH3 is 3. The largest absolute Gasteiger partial charge is 0.477 e. The fraction of sp³-hybridized carbons (Fsp3) is 0.300. The number of rotatable bonds is 7. The molecule has 0 bridgehead atoms. The number of hydrogen-bond acceptors (Lipinski definition) is 8. The number of aromatic nitrogens is 3.